The molecule has 10 nitrogen and oxygen atoms in total. The summed E-state index contributed by atoms with van der Waals surface area (Å²) in [5.74, 6) is -0.738. The molecule has 2 N–H and O–H groups in total. The molecular formula is C25H30N2O8S. The molecule has 11 heteroatoms. The van der Waals surface area contributed by atoms with Crippen molar-refractivity contribution in [1.29, 1.82) is 0 Å². The monoisotopic (exact) mass is 518 g/mol. The fourth-order valence-corrected chi connectivity index (χ4v) is 5.85. The first-order chi connectivity index (χ1) is 17.3. The number of pyridine rings is 1. The maximum Gasteiger partial charge on any atom is 0.303 e. The molecular weight excluding hydrogens is 488 g/mol. The van der Waals surface area contributed by atoms with Crippen molar-refractivity contribution in [2.45, 2.75) is 43.6 Å². The van der Waals surface area contributed by atoms with E-state index in [9.17, 15) is 13.2 Å². The molecule has 3 heterocycles. The Balaban J connectivity index is 1.77. The number of carboxylic acid groups (broad SMARTS) is 1. The smallest absolute Gasteiger partial charge is 0.303 e. The molecule has 0 amide bonds. The third kappa shape index (κ3) is 5.97. The zero-order chi connectivity index (χ0) is 25.7. The predicted octanol–water partition coefficient (Wildman–Crippen LogP) is 2.78. The Kier molecular flexibility index (Phi) is 8.12. The van der Waals surface area contributed by atoms with Gasteiger partial charge in [0.15, 0.2) is 0 Å². The number of hydrogen-bond acceptors (Lipinski definition) is 8. The lowest BCUT2D eigenvalue weighted by Gasteiger charge is -2.35. The van der Waals surface area contributed by atoms with Gasteiger partial charge < -0.3 is 24.4 Å². The molecule has 4 rings (SSSR count). The minimum absolute atomic E-state index is 0.0656. The van der Waals surface area contributed by atoms with Gasteiger partial charge in [-0.1, -0.05) is 17.7 Å². The number of nitrogens with zero attached hydrogens (tertiary/aromatic N) is 2. The normalized spacial score (nSPS) is 17.8. The summed E-state index contributed by atoms with van der Waals surface area (Å²) in [7, 11) is -4.18. The van der Waals surface area contributed by atoms with Crippen LogP contribution in [0.25, 0.3) is 6.08 Å². The Hall–Kier alpha value is -3.15. The molecule has 1 fully saturated rings. The summed E-state index contributed by atoms with van der Waals surface area (Å²) in [4.78, 5) is 15.2. The van der Waals surface area contributed by atoms with Crippen molar-refractivity contribution in [3.63, 3.8) is 0 Å². The van der Waals surface area contributed by atoms with E-state index in [0.717, 1.165) is 18.4 Å². The number of anilines is 1. The highest BCUT2D eigenvalue weighted by Crippen LogP contribution is 2.40. The zero-order valence-electron chi connectivity index (χ0n) is 20.1. The zero-order valence-corrected chi connectivity index (χ0v) is 20.9. The van der Waals surface area contributed by atoms with Crippen LogP contribution in [-0.4, -0.2) is 68.7 Å². The van der Waals surface area contributed by atoms with Crippen LogP contribution in [0.4, 0.5) is 5.69 Å². The summed E-state index contributed by atoms with van der Waals surface area (Å²) in [6.45, 7) is 2.56. The van der Waals surface area contributed by atoms with Gasteiger partial charge in [-0.05, 0) is 55.5 Å². The number of hydrogen-bond donors (Lipinski definition) is 2. The fourth-order valence-electron chi connectivity index (χ4n) is 4.18. The van der Waals surface area contributed by atoms with Gasteiger partial charge in [-0.25, -0.2) is 13.4 Å². The average molecular weight is 519 g/mol. The summed E-state index contributed by atoms with van der Waals surface area (Å²) in [5.41, 5.74) is 3.03. The van der Waals surface area contributed by atoms with Gasteiger partial charge in [0.05, 0.1) is 32.1 Å². The molecule has 1 aromatic carbocycles. The van der Waals surface area contributed by atoms with E-state index in [-0.39, 0.29) is 43.4 Å². The lowest BCUT2D eigenvalue weighted by Crippen LogP contribution is -2.44. The lowest BCUT2D eigenvalue weighted by molar-refractivity contribution is -0.137. The molecule has 1 aromatic heterocycles. The molecule has 0 radical (unpaired) electrons. The number of sulfonamides is 1. The van der Waals surface area contributed by atoms with Gasteiger partial charge in [0.25, 0.3) is 10.0 Å². The number of aliphatic hydroxyl groups is 1. The van der Waals surface area contributed by atoms with Crippen molar-refractivity contribution < 1.29 is 37.6 Å². The van der Waals surface area contributed by atoms with Crippen molar-refractivity contribution >= 4 is 27.8 Å². The molecule has 1 atom stereocenters. The largest absolute Gasteiger partial charge is 0.486 e. The second-order valence-corrected chi connectivity index (χ2v) is 10.6. The highest BCUT2D eigenvalue weighted by Gasteiger charge is 2.37. The predicted molar refractivity (Wildman–Crippen MR) is 132 cm³/mol. The number of benzene rings is 1. The maximum atomic E-state index is 14.0. The van der Waals surface area contributed by atoms with Crippen LogP contribution in [-0.2, 0) is 19.6 Å². The van der Waals surface area contributed by atoms with Gasteiger partial charge in [-0.3, -0.25) is 9.10 Å². The highest BCUT2D eigenvalue weighted by atomic mass is 32.2. The Morgan fingerprint density at radius 3 is 2.78 bits per heavy atom. The molecule has 194 valence electrons. The van der Waals surface area contributed by atoms with Gasteiger partial charge >= 0.3 is 5.97 Å². The van der Waals surface area contributed by atoms with Gasteiger partial charge in [-0.15, -0.1) is 0 Å². The summed E-state index contributed by atoms with van der Waals surface area (Å²) in [5, 5.41) is 18.3. The van der Waals surface area contributed by atoms with Crippen molar-refractivity contribution in [1.82, 2.24) is 4.98 Å². The second-order valence-electron chi connectivity index (χ2n) is 8.74. The first-order valence-electron chi connectivity index (χ1n) is 11.8. The summed E-state index contributed by atoms with van der Waals surface area (Å²) < 4.78 is 46.1. The van der Waals surface area contributed by atoms with Crippen LogP contribution in [0.5, 0.6) is 11.6 Å². The SMILES string of the molecule is Cc1cnc(OCCO)c(S(=O)(=O)N2C[C@H](CCC(=O)O)Oc3ccc(C=C4CCOCC4)cc32)c1. The molecule has 0 aliphatic carbocycles. The third-order valence-corrected chi connectivity index (χ3v) is 7.73. The minimum atomic E-state index is -4.18. The van der Waals surface area contributed by atoms with E-state index in [1.807, 2.05) is 12.1 Å². The van der Waals surface area contributed by atoms with Crippen LogP contribution in [0.15, 0.2) is 40.9 Å². The third-order valence-electron chi connectivity index (χ3n) is 5.95. The second kappa shape index (κ2) is 11.3. The van der Waals surface area contributed by atoms with Crippen molar-refractivity contribution in [3.05, 3.63) is 47.2 Å². The Morgan fingerprint density at radius 2 is 2.06 bits per heavy atom. The number of aliphatic hydroxyl groups excluding tert-OH is 1. The van der Waals surface area contributed by atoms with Crippen molar-refractivity contribution in [2.75, 3.05) is 37.3 Å². The Labute approximate surface area is 210 Å². The van der Waals surface area contributed by atoms with Crippen LogP contribution >= 0.6 is 0 Å². The molecule has 2 aliphatic heterocycles. The van der Waals surface area contributed by atoms with Crippen LogP contribution in [0.2, 0.25) is 0 Å². The maximum absolute atomic E-state index is 14.0. The molecule has 0 unspecified atom stereocenters. The van der Waals surface area contributed by atoms with E-state index in [1.165, 1.54) is 22.1 Å². The van der Waals surface area contributed by atoms with Crippen LogP contribution in [0.1, 0.15) is 36.8 Å². The quantitative estimate of drug-likeness (QED) is 0.514. The first-order valence-corrected chi connectivity index (χ1v) is 13.2. The van der Waals surface area contributed by atoms with E-state index < -0.39 is 22.1 Å². The number of rotatable bonds is 9. The van der Waals surface area contributed by atoms with E-state index in [4.69, 9.17) is 24.4 Å². The van der Waals surface area contributed by atoms with Gasteiger partial charge in [0, 0.05) is 12.6 Å². The van der Waals surface area contributed by atoms with Gasteiger partial charge in [-0.2, -0.15) is 0 Å². The summed E-state index contributed by atoms with van der Waals surface area (Å²) in [6, 6.07) is 6.81. The first kappa shape index (κ1) is 25.9. The molecule has 0 saturated carbocycles. The molecule has 2 aliphatic rings. The van der Waals surface area contributed by atoms with Crippen LogP contribution in [0.3, 0.4) is 0 Å². The van der Waals surface area contributed by atoms with E-state index in [2.05, 4.69) is 4.98 Å². The van der Waals surface area contributed by atoms with E-state index in [1.54, 1.807) is 19.1 Å². The molecule has 36 heavy (non-hydrogen) atoms. The standard InChI is InChI=1S/C25H30N2O8S/c1-17-12-23(25(26-15-17)34-11-8-28)36(31,32)27-16-20(3-5-24(29)30)35-22-4-2-19(14-21(22)27)13-18-6-9-33-10-7-18/h2,4,12-15,20,28H,3,5-11,16H2,1H3,(H,29,30)/t20-/m0/s1. The number of aromatic nitrogens is 1. The Bertz CT molecular complexity index is 1240. The topological polar surface area (TPSA) is 135 Å². The van der Waals surface area contributed by atoms with Crippen LogP contribution in [0, 0.1) is 6.92 Å². The molecule has 2 aromatic rings. The number of ether oxygens (including phenoxy) is 3. The van der Waals surface area contributed by atoms with Gasteiger partial charge in [0.1, 0.15) is 23.4 Å². The highest BCUT2D eigenvalue weighted by molar-refractivity contribution is 7.93. The number of fused-ring (bicyclic) bond motifs is 1. The van der Waals surface area contributed by atoms with Crippen molar-refractivity contribution in [3.8, 4) is 11.6 Å². The number of carboxylic acids is 1. The van der Waals surface area contributed by atoms with Crippen molar-refractivity contribution in [2.24, 2.45) is 0 Å². The lowest BCUT2D eigenvalue weighted by atomic mass is 10.0. The van der Waals surface area contributed by atoms with E-state index >= 15 is 0 Å². The van der Waals surface area contributed by atoms with E-state index in [0.29, 0.717) is 30.2 Å². The van der Waals surface area contributed by atoms with Crippen LogP contribution < -0.4 is 13.8 Å². The minimum Gasteiger partial charge on any atom is -0.486 e. The average Bonchev–Trinajstić information content (AvgIpc) is 2.86. The molecule has 0 spiro atoms. The van der Waals surface area contributed by atoms with Gasteiger partial charge in [0.2, 0.25) is 5.88 Å². The number of aryl methyl sites for hydroxylation is 1. The molecule has 1 saturated heterocycles. The fraction of sp³-hybridized carbons (Fsp3) is 0.440. The Morgan fingerprint density at radius 1 is 1.28 bits per heavy atom. The number of carbonyl (C=O) groups is 1. The molecule has 0 bridgehead atoms. The number of aliphatic carboxylic acids is 1. The summed E-state index contributed by atoms with van der Waals surface area (Å²) in [6.07, 6.45) is 4.49. The summed E-state index contributed by atoms with van der Waals surface area (Å²) >= 11 is 0.